The number of halogens is 2. The first-order valence-corrected chi connectivity index (χ1v) is 10.1. The van der Waals surface area contributed by atoms with Gasteiger partial charge in [-0.25, -0.2) is 4.79 Å². The second-order valence-corrected chi connectivity index (χ2v) is 7.42. The lowest BCUT2D eigenvalue weighted by Crippen LogP contribution is -2.43. The highest BCUT2D eigenvalue weighted by Crippen LogP contribution is 2.37. The Morgan fingerprint density at radius 2 is 1.66 bits per heavy atom. The van der Waals surface area contributed by atoms with Gasteiger partial charge in [0.1, 0.15) is 5.75 Å². The molecule has 2 aromatic rings. The Hall–Kier alpha value is -3.17. The number of amides is 2. The molecule has 0 aliphatic carbocycles. The zero-order chi connectivity index (χ0) is 23.8. The monoisotopic (exact) mass is 484 g/mol. The van der Waals surface area contributed by atoms with Gasteiger partial charge in [-0.1, -0.05) is 23.2 Å². The summed E-state index contributed by atoms with van der Waals surface area (Å²) in [6.07, 6.45) is -0.162. The zero-order valence-electron chi connectivity index (χ0n) is 17.8. The number of ether oxygens (including phenoxy) is 4. The highest BCUT2D eigenvalue weighted by atomic mass is 35.5. The Morgan fingerprint density at radius 1 is 0.969 bits per heavy atom. The van der Waals surface area contributed by atoms with Gasteiger partial charge in [-0.2, -0.15) is 0 Å². The maximum Gasteiger partial charge on any atom is 0.338 e. The van der Waals surface area contributed by atoms with E-state index in [-0.39, 0.29) is 39.5 Å². The summed E-state index contributed by atoms with van der Waals surface area (Å²) in [5.74, 6) is -1.46. The molecule has 9 nitrogen and oxygen atoms in total. The SMILES string of the molecule is COc1ccc(Cl)cc1C(=O)NNC(=O)COC(=O)c1cc(Cl)c(OC(C)C)c(OC)c1. The third kappa shape index (κ3) is 6.66. The Labute approximate surface area is 194 Å². The maximum absolute atomic E-state index is 12.3. The number of esters is 1. The molecule has 2 rings (SSSR count). The van der Waals surface area contributed by atoms with Crippen LogP contribution in [0.2, 0.25) is 10.0 Å². The first kappa shape index (κ1) is 25.1. The third-order valence-corrected chi connectivity index (χ3v) is 4.39. The van der Waals surface area contributed by atoms with Crippen LogP contribution in [0.4, 0.5) is 0 Å². The number of hydrogen-bond acceptors (Lipinski definition) is 7. The number of carbonyl (C=O) groups excluding carboxylic acids is 3. The first-order valence-electron chi connectivity index (χ1n) is 9.30. The van der Waals surface area contributed by atoms with Crippen molar-refractivity contribution in [3.8, 4) is 17.2 Å². The molecule has 172 valence electrons. The molecule has 0 heterocycles. The molecule has 0 fully saturated rings. The smallest absolute Gasteiger partial charge is 0.338 e. The molecule has 0 saturated heterocycles. The molecular weight excluding hydrogens is 463 g/mol. The van der Waals surface area contributed by atoms with E-state index in [4.69, 9.17) is 42.1 Å². The van der Waals surface area contributed by atoms with Gasteiger partial charge in [0.15, 0.2) is 18.1 Å². The van der Waals surface area contributed by atoms with Crippen LogP contribution in [0.1, 0.15) is 34.6 Å². The van der Waals surface area contributed by atoms with Crippen LogP contribution in [0.25, 0.3) is 0 Å². The van der Waals surface area contributed by atoms with Crippen molar-refractivity contribution in [2.45, 2.75) is 20.0 Å². The standard InChI is InChI=1S/C21H22Cl2N2O7/c1-11(2)32-19-15(23)7-12(8-17(19)30-4)21(28)31-10-18(26)24-25-20(27)14-9-13(22)5-6-16(14)29-3/h5-9,11H,10H2,1-4H3,(H,24,26)(H,25,27). The van der Waals surface area contributed by atoms with E-state index in [1.165, 1.54) is 38.5 Å². The van der Waals surface area contributed by atoms with Gasteiger partial charge in [-0.05, 0) is 44.2 Å². The molecule has 0 bridgehead atoms. The lowest BCUT2D eigenvalue weighted by Gasteiger charge is -2.16. The van der Waals surface area contributed by atoms with E-state index in [1.807, 2.05) is 13.8 Å². The summed E-state index contributed by atoms with van der Waals surface area (Å²) in [5, 5.41) is 0.465. The molecule has 0 radical (unpaired) electrons. The molecule has 32 heavy (non-hydrogen) atoms. The van der Waals surface area contributed by atoms with Crippen molar-refractivity contribution in [3.63, 3.8) is 0 Å². The molecule has 2 amide bonds. The van der Waals surface area contributed by atoms with Crippen molar-refractivity contribution in [2.75, 3.05) is 20.8 Å². The molecule has 0 aliphatic heterocycles. The molecule has 0 aromatic heterocycles. The van der Waals surface area contributed by atoms with Crippen LogP contribution in [0.5, 0.6) is 17.2 Å². The summed E-state index contributed by atoms with van der Waals surface area (Å²) in [6, 6.07) is 7.17. The number of benzene rings is 2. The summed E-state index contributed by atoms with van der Waals surface area (Å²) in [5.41, 5.74) is 4.50. The molecule has 2 N–H and O–H groups in total. The summed E-state index contributed by atoms with van der Waals surface area (Å²) in [7, 11) is 2.79. The number of methoxy groups -OCH3 is 2. The molecule has 0 unspecified atom stereocenters. The van der Waals surface area contributed by atoms with Gasteiger partial charge in [0.05, 0.1) is 36.5 Å². The van der Waals surface area contributed by atoms with Crippen molar-refractivity contribution in [1.29, 1.82) is 0 Å². The summed E-state index contributed by atoms with van der Waals surface area (Å²) < 4.78 is 20.8. The quantitative estimate of drug-likeness (QED) is 0.435. The minimum absolute atomic E-state index is 0.0588. The van der Waals surface area contributed by atoms with Crippen molar-refractivity contribution in [3.05, 3.63) is 51.5 Å². The Balaban J connectivity index is 1.96. The van der Waals surface area contributed by atoms with E-state index in [9.17, 15) is 14.4 Å². The highest BCUT2D eigenvalue weighted by molar-refractivity contribution is 6.32. The fraction of sp³-hybridized carbons (Fsp3) is 0.286. The number of hydrazine groups is 1. The molecule has 2 aromatic carbocycles. The molecule has 0 saturated carbocycles. The lowest BCUT2D eigenvalue weighted by atomic mass is 10.2. The van der Waals surface area contributed by atoms with E-state index >= 15 is 0 Å². The molecule has 0 spiro atoms. The summed E-state index contributed by atoms with van der Waals surface area (Å²) in [4.78, 5) is 36.5. The minimum Gasteiger partial charge on any atom is -0.496 e. The van der Waals surface area contributed by atoms with Gasteiger partial charge in [0.2, 0.25) is 0 Å². The van der Waals surface area contributed by atoms with E-state index in [2.05, 4.69) is 10.9 Å². The van der Waals surface area contributed by atoms with Crippen molar-refractivity contribution in [2.24, 2.45) is 0 Å². The first-order chi connectivity index (χ1) is 15.2. The van der Waals surface area contributed by atoms with Crippen LogP contribution in [0.15, 0.2) is 30.3 Å². The second-order valence-electron chi connectivity index (χ2n) is 6.58. The minimum atomic E-state index is -0.820. The van der Waals surface area contributed by atoms with Gasteiger partial charge >= 0.3 is 5.97 Å². The summed E-state index contributed by atoms with van der Waals surface area (Å²) >= 11 is 12.1. The van der Waals surface area contributed by atoms with Crippen LogP contribution in [0.3, 0.4) is 0 Å². The van der Waals surface area contributed by atoms with Crippen LogP contribution < -0.4 is 25.1 Å². The molecule has 11 heteroatoms. The van der Waals surface area contributed by atoms with Crippen LogP contribution >= 0.6 is 23.2 Å². The highest BCUT2D eigenvalue weighted by Gasteiger charge is 2.19. The summed E-state index contributed by atoms with van der Waals surface area (Å²) in [6.45, 7) is 2.98. The molecular formula is C21H22Cl2N2O7. The Morgan fingerprint density at radius 3 is 2.28 bits per heavy atom. The van der Waals surface area contributed by atoms with Crippen molar-refractivity contribution in [1.82, 2.24) is 10.9 Å². The van der Waals surface area contributed by atoms with E-state index in [0.717, 1.165) is 0 Å². The predicted molar refractivity (Wildman–Crippen MR) is 118 cm³/mol. The van der Waals surface area contributed by atoms with Gasteiger partial charge in [-0.3, -0.25) is 20.4 Å². The maximum atomic E-state index is 12.3. The Bertz CT molecular complexity index is 1010. The topological polar surface area (TPSA) is 112 Å². The number of carbonyl (C=O) groups is 3. The predicted octanol–water partition coefficient (Wildman–Crippen LogP) is 3.42. The van der Waals surface area contributed by atoms with Gasteiger partial charge in [0.25, 0.3) is 11.8 Å². The van der Waals surface area contributed by atoms with E-state index < -0.39 is 24.4 Å². The fourth-order valence-corrected chi connectivity index (χ4v) is 2.92. The second kappa shape index (κ2) is 11.4. The number of rotatable bonds is 8. The normalized spacial score (nSPS) is 10.3. The van der Waals surface area contributed by atoms with Gasteiger partial charge in [-0.15, -0.1) is 0 Å². The fourth-order valence-electron chi connectivity index (χ4n) is 2.49. The largest absolute Gasteiger partial charge is 0.496 e. The van der Waals surface area contributed by atoms with Crippen molar-refractivity contribution >= 4 is 41.0 Å². The molecule has 0 aliphatic rings. The Kier molecular flexibility index (Phi) is 8.98. The number of nitrogens with one attached hydrogen (secondary N) is 2. The van der Waals surface area contributed by atoms with E-state index in [1.54, 1.807) is 6.07 Å². The average Bonchev–Trinajstić information content (AvgIpc) is 2.76. The van der Waals surface area contributed by atoms with Crippen molar-refractivity contribution < 1.29 is 33.3 Å². The zero-order valence-corrected chi connectivity index (χ0v) is 19.3. The van der Waals surface area contributed by atoms with Crippen LogP contribution in [-0.4, -0.2) is 44.7 Å². The van der Waals surface area contributed by atoms with Gasteiger partial charge in [0, 0.05) is 5.02 Å². The average molecular weight is 485 g/mol. The lowest BCUT2D eigenvalue weighted by molar-refractivity contribution is -0.125. The van der Waals surface area contributed by atoms with Crippen LogP contribution in [-0.2, 0) is 9.53 Å². The van der Waals surface area contributed by atoms with Crippen LogP contribution in [0, 0.1) is 0 Å². The number of hydrogen-bond donors (Lipinski definition) is 2. The van der Waals surface area contributed by atoms with E-state index in [0.29, 0.717) is 5.02 Å². The van der Waals surface area contributed by atoms with Gasteiger partial charge < -0.3 is 18.9 Å². The third-order valence-electron chi connectivity index (χ3n) is 3.87. The molecule has 0 atom stereocenters.